The summed E-state index contributed by atoms with van der Waals surface area (Å²) >= 11 is 0. The maximum Gasteiger partial charge on any atom is 0.226 e. The Morgan fingerprint density at radius 1 is 0.905 bits per heavy atom. The Hall–Kier alpha value is -2.13. The highest BCUT2D eigenvalue weighted by Crippen LogP contribution is 2.22. The van der Waals surface area contributed by atoms with Crippen LogP contribution in [-0.4, -0.2) is 11.0 Å². The monoisotopic (exact) mass is 283 g/mol. The lowest BCUT2D eigenvalue weighted by Crippen LogP contribution is -2.34. The SMILES string of the molecule is CC(C(=O)N[C@@H](C)c1ccccc1)C(O)c1ccccc1. The molecule has 1 amide bonds. The van der Waals surface area contributed by atoms with Crippen LogP contribution >= 0.6 is 0 Å². The molecule has 2 N–H and O–H groups in total. The molecule has 0 aliphatic rings. The van der Waals surface area contributed by atoms with E-state index in [1.807, 2.05) is 67.6 Å². The summed E-state index contributed by atoms with van der Waals surface area (Å²) in [5.74, 6) is -0.652. The zero-order chi connectivity index (χ0) is 15.2. The van der Waals surface area contributed by atoms with Crippen LogP contribution in [0.15, 0.2) is 60.7 Å². The minimum absolute atomic E-state index is 0.0795. The van der Waals surface area contributed by atoms with Crippen LogP contribution in [0.2, 0.25) is 0 Å². The molecule has 3 atom stereocenters. The number of hydrogen-bond acceptors (Lipinski definition) is 2. The summed E-state index contributed by atoms with van der Waals surface area (Å²) in [7, 11) is 0. The first-order valence-corrected chi connectivity index (χ1v) is 7.18. The van der Waals surface area contributed by atoms with Crippen molar-refractivity contribution in [3.05, 3.63) is 71.8 Å². The van der Waals surface area contributed by atoms with Gasteiger partial charge in [0.2, 0.25) is 5.91 Å². The molecule has 0 aliphatic carbocycles. The van der Waals surface area contributed by atoms with Crippen molar-refractivity contribution >= 4 is 5.91 Å². The van der Waals surface area contributed by atoms with Gasteiger partial charge in [-0.25, -0.2) is 0 Å². The number of benzene rings is 2. The minimum atomic E-state index is -0.797. The van der Waals surface area contributed by atoms with Crippen LogP contribution in [0.25, 0.3) is 0 Å². The molecule has 21 heavy (non-hydrogen) atoms. The van der Waals surface area contributed by atoms with E-state index in [1.54, 1.807) is 6.92 Å². The van der Waals surface area contributed by atoms with E-state index in [0.29, 0.717) is 0 Å². The van der Waals surface area contributed by atoms with Crippen LogP contribution in [0.3, 0.4) is 0 Å². The molecular formula is C18H21NO2. The van der Waals surface area contributed by atoms with Gasteiger partial charge in [0.05, 0.1) is 18.1 Å². The Morgan fingerprint density at radius 2 is 1.38 bits per heavy atom. The second-order valence-corrected chi connectivity index (χ2v) is 5.29. The number of aliphatic hydroxyl groups is 1. The number of rotatable bonds is 5. The molecule has 0 saturated heterocycles. The van der Waals surface area contributed by atoms with E-state index in [9.17, 15) is 9.90 Å². The van der Waals surface area contributed by atoms with Gasteiger partial charge in [0.15, 0.2) is 0 Å². The van der Waals surface area contributed by atoms with E-state index >= 15 is 0 Å². The fourth-order valence-electron chi connectivity index (χ4n) is 2.25. The summed E-state index contributed by atoms with van der Waals surface area (Å²) in [5, 5.41) is 13.2. The molecule has 0 aromatic heterocycles. The van der Waals surface area contributed by atoms with Gasteiger partial charge in [-0.1, -0.05) is 67.6 Å². The smallest absolute Gasteiger partial charge is 0.226 e. The molecule has 0 radical (unpaired) electrons. The Bertz CT molecular complexity index is 568. The average molecular weight is 283 g/mol. The van der Waals surface area contributed by atoms with Gasteiger partial charge in [-0.15, -0.1) is 0 Å². The molecule has 2 aromatic rings. The molecule has 0 heterocycles. The quantitative estimate of drug-likeness (QED) is 0.885. The molecule has 110 valence electrons. The molecule has 0 saturated carbocycles. The van der Waals surface area contributed by atoms with Crippen LogP contribution in [-0.2, 0) is 4.79 Å². The molecule has 2 rings (SSSR count). The molecule has 0 aliphatic heterocycles. The standard InChI is InChI=1S/C18H21NO2/c1-13(17(20)16-11-7-4-8-12-16)18(21)19-14(2)15-9-5-3-6-10-15/h3-14,17,20H,1-2H3,(H,19,21)/t13?,14-,17?/m0/s1. The molecule has 0 fully saturated rings. The van der Waals surface area contributed by atoms with Crippen molar-refractivity contribution in [3.8, 4) is 0 Å². The van der Waals surface area contributed by atoms with Crippen LogP contribution in [0.1, 0.15) is 37.1 Å². The van der Waals surface area contributed by atoms with Crippen molar-refractivity contribution in [1.82, 2.24) is 5.32 Å². The molecule has 2 aromatic carbocycles. The van der Waals surface area contributed by atoms with Crippen LogP contribution < -0.4 is 5.32 Å². The number of amides is 1. The van der Waals surface area contributed by atoms with E-state index in [1.165, 1.54) is 0 Å². The molecule has 3 nitrogen and oxygen atoms in total. The molecule has 2 unspecified atom stereocenters. The number of hydrogen-bond donors (Lipinski definition) is 2. The largest absolute Gasteiger partial charge is 0.388 e. The predicted octanol–water partition coefficient (Wildman–Crippen LogP) is 3.23. The topological polar surface area (TPSA) is 49.3 Å². The van der Waals surface area contributed by atoms with Crippen LogP contribution in [0.4, 0.5) is 0 Å². The lowest BCUT2D eigenvalue weighted by molar-refractivity contribution is -0.128. The maximum absolute atomic E-state index is 12.3. The summed E-state index contributed by atoms with van der Waals surface area (Å²) < 4.78 is 0. The third-order valence-electron chi connectivity index (χ3n) is 3.69. The number of carbonyl (C=O) groups is 1. The maximum atomic E-state index is 12.3. The zero-order valence-corrected chi connectivity index (χ0v) is 12.4. The fourth-order valence-corrected chi connectivity index (χ4v) is 2.25. The summed E-state index contributed by atoms with van der Waals surface area (Å²) in [6.07, 6.45) is -0.797. The number of aliphatic hydroxyl groups excluding tert-OH is 1. The van der Waals surface area contributed by atoms with E-state index in [2.05, 4.69) is 5.32 Å². The van der Waals surface area contributed by atoms with Crippen LogP contribution in [0, 0.1) is 5.92 Å². The van der Waals surface area contributed by atoms with Crippen molar-refractivity contribution in [1.29, 1.82) is 0 Å². The summed E-state index contributed by atoms with van der Waals surface area (Å²) in [6, 6.07) is 19.0. The summed E-state index contributed by atoms with van der Waals surface area (Å²) in [4.78, 5) is 12.3. The average Bonchev–Trinajstić information content (AvgIpc) is 2.55. The van der Waals surface area contributed by atoms with Gasteiger partial charge in [0.1, 0.15) is 0 Å². The second-order valence-electron chi connectivity index (χ2n) is 5.29. The zero-order valence-electron chi connectivity index (χ0n) is 12.4. The van der Waals surface area contributed by atoms with Gasteiger partial charge < -0.3 is 10.4 Å². The summed E-state index contributed by atoms with van der Waals surface area (Å²) in [6.45, 7) is 3.68. The van der Waals surface area contributed by atoms with Gasteiger partial charge in [-0.2, -0.15) is 0 Å². The van der Waals surface area contributed by atoms with E-state index in [-0.39, 0.29) is 11.9 Å². The summed E-state index contributed by atoms with van der Waals surface area (Å²) in [5.41, 5.74) is 1.81. The van der Waals surface area contributed by atoms with Gasteiger partial charge in [-0.05, 0) is 18.1 Å². The highest BCUT2D eigenvalue weighted by molar-refractivity contribution is 5.79. The lowest BCUT2D eigenvalue weighted by atomic mass is 9.96. The van der Waals surface area contributed by atoms with Gasteiger partial charge in [0.25, 0.3) is 0 Å². The Kier molecular flexibility index (Phi) is 5.12. The van der Waals surface area contributed by atoms with E-state index < -0.39 is 12.0 Å². The third kappa shape index (κ3) is 3.92. The predicted molar refractivity (Wildman–Crippen MR) is 83.6 cm³/mol. The first-order valence-electron chi connectivity index (χ1n) is 7.18. The molecule has 3 heteroatoms. The number of carbonyl (C=O) groups excluding carboxylic acids is 1. The van der Waals surface area contributed by atoms with Crippen molar-refractivity contribution < 1.29 is 9.90 Å². The minimum Gasteiger partial charge on any atom is -0.388 e. The molecule has 0 bridgehead atoms. The van der Waals surface area contributed by atoms with E-state index in [0.717, 1.165) is 11.1 Å². The highest BCUT2D eigenvalue weighted by atomic mass is 16.3. The van der Waals surface area contributed by atoms with Crippen molar-refractivity contribution in [2.75, 3.05) is 0 Å². The number of nitrogens with one attached hydrogen (secondary N) is 1. The first-order chi connectivity index (χ1) is 10.1. The molecule has 0 spiro atoms. The first kappa shape index (κ1) is 15.3. The van der Waals surface area contributed by atoms with Gasteiger partial charge >= 0.3 is 0 Å². The Labute approximate surface area is 125 Å². The van der Waals surface area contributed by atoms with Crippen molar-refractivity contribution in [3.63, 3.8) is 0 Å². The fraction of sp³-hybridized carbons (Fsp3) is 0.278. The van der Waals surface area contributed by atoms with E-state index in [4.69, 9.17) is 0 Å². The Balaban J connectivity index is 2.00. The Morgan fingerprint density at radius 3 is 1.90 bits per heavy atom. The van der Waals surface area contributed by atoms with Crippen LogP contribution in [0.5, 0.6) is 0 Å². The third-order valence-corrected chi connectivity index (χ3v) is 3.69. The molecular weight excluding hydrogens is 262 g/mol. The lowest BCUT2D eigenvalue weighted by Gasteiger charge is -2.22. The second kappa shape index (κ2) is 7.04. The highest BCUT2D eigenvalue weighted by Gasteiger charge is 2.24. The normalized spacial score (nSPS) is 15.0. The van der Waals surface area contributed by atoms with Gasteiger partial charge in [-0.3, -0.25) is 4.79 Å². The van der Waals surface area contributed by atoms with Crippen molar-refractivity contribution in [2.45, 2.75) is 26.0 Å². The van der Waals surface area contributed by atoms with Gasteiger partial charge in [0, 0.05) is 0 Å². The van der Waals surface area contributed by atoms with Crippen molar-refractivity contribution in [2.24, 2.45) is 5.92 Å².